The van der Waals surface area contributed by atoms with Gasteiger partial charge in [-0.1, -0.05) is 31.9 Å². The van der Waals surface area contributed by atoms with Crippen molar-refractivity contribution in [2.24, 2.45) is 5.73 Å². The average Bonchev–Trinajstić information content (AvgIpc) is 2.42. The molecule has 1 unspecified atom stereocenters. The van der Waals surface area contributed by atoms with Crippen LogP contribution < -0.4 is 15.8 Å². The predicted molar refractivity (Wildman–Crippen MR) is 84.2 cm³/mol. The molecule has 0 fully saturated rings. The molecule has 0 saturated heterocycles. The minimum atomic E-state index is -0.337. The number of halogens is 1. The molecule has 0 heterocycles. The monoisotopic (exact) mass is 300 g/mol. The van der Waals surface area contributed by atoms with Crippen molar-refractivity contribution in [2.45, 2.75) is 45.7 Å². The van der Waals surface area contributed by atoms with Crippen LogP contribution >= 0.6 is 12.4 Å². The number of ether oxygens (including phenoxy) is 1. The van der Waals surface area contributed by atoms with Gasteiger partial charge < -0.3 is 15.8 Å². The van der Waals surface area contributed by atoms with Crippen LogP contribution in [-0.2, 0) is 11.3 Å². The third-order valence-electron chi connectivity index (χ3n) is 2.98. The van der Waals surface area contributed by atoms with Gasteiger partial charge >= 0.3 is 0 Å². The second-order valence-corrected chi connectivity index (χ2v) is 4.70. The van der Waals surface area contributed by atoms with Crippen LogP contribution in [0.1, 0.15) is 38.7 Å². The highest BCUT2D eigenvalue weighted by Gasteiger charge is 2.06. The summed E-state index contributed by atoms with van der Waals surface area (Å²) in [7, 11) is 0. The Kier molecular flexibility index (Phi) is 9.86. The molecule has 0 aromatic heterocycles. The van der Waals surface area contributed by atoms with Gasteiger partial charge in [0.25, 0.3) is 0 Å². The molecule has 0 spiro atoms. The Morgan fingerprint density at radius 3 is 2.50 bits per heavy atom. The number of benzene rings is 1. The van der Waals surface area contributed by atoms with Crippen LogP contribution in [-0.4, -0.2) is 18.6 Å². The molecule has 0 aliphatic heterocycles. The number of nitrogens with one attached hydrogen (secondary N) is 1. The minimum absolute atomic E-state index is 0. The molecule has 3 N–H and O–H groups in total. The van der Waals surface area contributed by atoms with Gasteiger partial charge in [0, 0.05) is 6.54 Å². The van der Waals surface area contributed by atoms with E-state index in [0.717, 1.165) is 24.3 Å². The largest absolute Gasteiger partial charge is 0.494 e. The lowest BCUT2D eigenvalue weighted by molar-refractivity contribution is -0.119. The molecule has 0 radical (unpaired) electrons. The number of nitrogens with two attached hydrogens (primary N) is 1. The third-order valence-corrected chi connectivity index (χ3v) is 2.98. The summed E-state index contributed by atoms with van der Waals surface area (Å²) >= 11 is 0. The van der Waals surface area contributed by atoms with Crippen molar-refractivity contribution < 1.29 is 9.53 Å². The summed E-state index contributed by atoms with van der Waals surface area (Å²) in [6.07, 6.45) is 3.49. The molecule has 0 aliphatic rings. The summed E-state index contributed by atoms with van der Waals surface area (Å²) in [5, 5.41) is 3.06. The SMILES string of the molecule is CCCCCOc1ccc(CNC(C)C(N)=O)cc1.Cl. The van der Waals surface area contributed by atoms with Gasteiger partial charge in [0.05, 0.1) is 12.6 Å². The number of carbonyl (C=O) groups excluding carboxylic acids is 1. The van der Waals surface area contributed by atoms with Crippen molar-refractivity contribution >= 4 is 18.3 Å². The second-order valence-electron chi connectivity index (χ2n) is 4.70. The van der Waals surface area contributed by atoms with Crippen LogP contribution in [0.2, 0.25) is 0 Å². The zero-order chi connectivity index (χ0) is 14.1. The van der Waals surface area contributed by atoms with Gasteiger partial charge in [0.1, 0.15) is 5.75 Å². The van der Waals surface area contributed by atoms with Gasteiger partial charge in [-0.05, 0) is 31.0 Å². The molecule has 5 heteroatoms. The van der Waals surface area contributed by atoms with E-state index in [1.165, 1.54) is 12.8 Å². The molecule has 1 amide bonds. The molecule has 0 bridgehead atoms. The number of rotatable bonds is 9. The third kappa shape index (κ3) is 7.36. The van der Waals surface area contributed by atoms with Crippen molar-refractivity contribution in [3.8, 4) is 5.75 Å². The number of primary amides is 1. The molecular formula is C15H25ClN2O2. The average molecular weight is 301 g/mol. The van der Waals surface area contributed by atoms with Crippen LogP contribution in [0.5, 0.6) is 5.75 Å². The number of hydrogen-bond donors (Lipinski definition) is 2. The number of amides is 1. The normalized spacial score (nSPS) is 11.5. The fraction of sp³-hybridized carbons (Fsp3) is 0.533. The van der Waals surface area contributed by atoms with Crippen LogP contribution in [0.4, 0.5) is 0 Å². The topological polar surface area (TPSA) is 64.3 Å². The predicted octanol–water partition coefficient (Wildman–Crippen LogP) is 2.64. The first-order chi connectivity index (χ1) is 9.13. The van der Waals surface area contributed by atoms with Gasteiger partial charge in [0.2, 0.25) is 5.91 Å². The fourth-order valence-corrected chi connectivity index (χ4v) is 1.62. The highest BCUT2D eigenvalue weighted by atomic mass is 35.5. The van der Waals surface area contributed by atoms with Gasteiger partial charge in [-0.15, -0.1) is 12.4 Å². The van der Waals surface area contributed by atoms with Gasteiger partial charge in [-0.2, -0.15) is 0 Å². The van der Waals surface area contributed by atoms with E-state index in [1.807, 2.05) is 24.3 Å². The van der Waals surface area contributed by atoms with E-state index in [9.17, 15) is 4.79 Å². The van der Waals surface area contributed by atoms with Crippen LogP contribution in [0.25, 0.3) is 0 Å². The Morgan fingerprint density at radius 2 is 1.95 bits per heavy atom. The summed E-state index contributed by atoms with van der Waals surface area (Å²) in [6.45, 7) is 5.33. The maximum absolute atomic E-state index is 10.9. The highest BCUT2D eigenvalue weighted by Crippen LogP contribution is 2.13. The summed E-state index contributed by atoms with van der Waals surface area (Å²) in [5.74, 6) is 0.554. The zero-order valence-corrected chi connectivity index (χ0v) is 13.0. The summed E-state index contributed by atoms with van der Waals surface area (Å²) in [4.78, 5) is 10.9. The molecule has 1 aromatic carbocycles. The first-order valence-electron chi connectivity index (χ1n) is 6.88. The van der Waals surface area contributed by atoms with Crippen LogP contribution in [0.15, 0.2) is 24.3 Å². The number of hydrogen-bond acceptors (Lipinski definition) is 3. The molecule has 1 rings (SSSR count). The number of carbonyl (C=O) groups is 1. The van der Waals surface area contributed by atoms with Gasteiger partial charge in [0.15, 0.2) is 0 Å². The van der Waals surface area contributed by atoms with E-state index in [4.69, 9.17) is 10.5 Å². The van der Waals surface area contributed by atoms with Crippen LogP contribution in [0.3, 0.4) is 0 Å². The molecule has 0 saturated carbocycles. The lowest BCUT2D eigenvalue weighted by Gasteiger charge is -2.10. The van der Waals surface area contributed by atoms with Crippen molar-refractivity contribution in [3.63, 3.8) is 0 Å². The van der Waals surface area contributed by atoms with Crippen molar-refractivity contribution in [3.05, 3.63) is 29.8 Å². The first kappa shape index (κ1) is 18.7. The van der Waals surface area contributed by atoms with E-state index < -0.39 is 0 Å². The molecule has 20 heavy (non-hydrogen) atoms. The Morgan fingerprint density at radius 1 is 1.30 bits per heavy atom. The Balaban J connectivity index is 0.00000361. The fourth-order valence-electron chi connectivity index (χ4n) is 1.62. The van der Waals surface area contributed by atoms with Gasteiger partial charge in [-0.25, -0.2) is 0 Å². The van der Waals surface area contributed by atoms with Crippen molar-refractivity contribution in [1.82, 2.24) is 5.32 Å². The maximum atomic E-state index is 10.9. The molecule has 0 aliphatic carbocycles. The first-order valence-corrected chi connectivity index (χ1v) is 6.88. The molecule has 114 valence electrons. The molecular weight excluding hydrogens is 276 g/mol. The smallest absolute Gasteiger partial charge is 0.234 e. The Hall–Kier alpha value is -1.26. The van der Waals surface area contributed by atoms with Gasteiger partial charge in [-0.3, -0.25) is 4.79 Å². The Bertz CT molecular complexity index is 382. The Labute approximate surface area is 127 Å². The quantitative estimate of drug-likeness (QED) is 0.689. The highest BCUT2D eigenvalue weighted by molar-refractivity contribution is 5.85. The van der Waals surface area contributed by atoms with E-state index in [1.54, 1.807) is 6.92 Å². The second kappa shape index (κ2) is 10.5. The van der Waals surface area contributed by atoms with E-state index in [0.29, 0.717) is 6.54 Å². The summed E-state index contributed by atoms with van der Waals surface area (Å²) in [6, 6.07) is 7.59. The van der Waals surface area contributed by atoms with Crippen molar-refractivity contribution in [1.29, 1.82) is 0 Å². The van der Waals surface area contributed by atoms with Crippen molar-refractivity contribution in [2.75, 3.05) is 6.61 Å². The van der Waals surface area contributed by atoms with Crippen LogP contribution in [0, 0.1) is 0 Å². The summed E-state index contributed by atoms with van der Waals surface area (Å²) in [5.41, 5.74) is 6.29. The molecule has 1 atom stereocenters. The lowest BCUT2D eigenvalue weighted by atomic mass is 10.2. The molecule has 4 nitrogen and oxygen atoms in total. The van der Waals surface area contributed by atoms with E-state index >= 15 is 0 Å². The minimum Gasteiger partial charge on any atom is -0.494 e. The number of unbranched alkanes of at least 4 members (excludes halogenated alkanes) is 2. The zero-order valence-electron chi connectivity index (χ0n) is 12.2. The lowest BCUT2D eigenvalue weighted by Crippen LogP contribution is -2.38. The summed E-state index contributed by atoms with van der Waals surface area (Å²) < 4.78 is 5.63. The van der Waals surface area contributed by atoms with E-state index in [2.05, 4.69) is 12.2 Å². The maximum Gasteiger partial charge on any atom is 0.234 e. The molecule has 1 aromatic rings. The standard InChI is InChI=1S/C15H24N2O2.ClH/c1-3-4-5-10-19-14-8-6-13(7-9-14)11-17-12(2)15(16)18;/h6-9,12,17H,3-5,10-11H2,1-2H3,(H2,16,18);1H. The van der Waals surface area contributed by atoms with E-state index in [-0.39, 0.29) is 24.4 Å².